The Morgan fingerprint density at radius 3 is 2.91 bits per heavy atom. The second-order valence-electron chi connectivity index (χ2n) is 8.58. The van der Waals surface area contributed by atoms with Crippen molar-refractivity contribution in [1.82, 2.24) is 9.78 Å². The second kappa shape index (κ2) is 8.70. The summed E-state index contributed by atoms with van der Waals surface area (Å²) in [5.41, 5.74) is 1.23. The van der Waals surface area contributed by atoms with Crippen LogP contribution in [0.1, 0.15) is 63.2 Å². The Balaban J connectivity index is 1.49. The van der Waals surface area contributed by atoms with E-state index in [1.807, 2.05) is 5.38 Å². The quantitative estimate of drug-likeness (QED) is 0.368. The van der Waals surface area contributed by atoms with Crippen molar-refractivity contribution in [2.75, 3.05) is 10.6 Å². The normalized spacial score (nSPS) is 21.8. The van der Waals surface area contributed by atoms with Gasteiger partial charge in [-0.3, -0.25) is 4.79 Å². The van der Waals surface area contributed by atoms with E-state index < -0.39 is 24.2 Å². The van der Waals surface area contributed by atoms with Gasteiger partial charge in [-0.25, -0.2) is 4.68 Å². The lowest BCUT2D eigenvalue weighted by atomic mass is 9.89. The first-order valence-corrected chi connectivity index (χ1v) is 13.2. The molecule has 0 radical (unpaired) electrons. The van der Waals surface area contributed by atoms with Crippen LogP contribution in [0.3, 0.4) is 0 Å². The Bertz CT molecular complexity index is 1290. The number of amides is 1. The van der Waals surface area contributed by atoms with Crippen molar-refractivity contribution >= 4 is 55.3 Å². The topological polar surface area (TPSA) is 82.7 Å². The Hall–Kier alpha value is -2.36. The molecule has 0 bridgehead atoms. The molecule has 3 aromatic rings. The van der Waals surface area contributed by atoms with Gasteiger partial charge < -0.3 is 10.6 Å². The van der Waals surface area contributed by atoms with E-state index in [1.54, 1.807) is 12.1 Å². The van der Waals surface area contributed by atoms with Crippen LogP contribution in [-0.4, -0.2) is 21.9 Å². The molecule has 34 heavy (non-hydrogen) atoms. The van der Waals surface area contributed by atoms with E-state index in [0.29, 0.717) is 16.5 Å². The zero-order valence-corrected chi connectivity index (χ0v) is 21.1. The van der Waals surface area contributed by atoms with Gasteiger partial charge in [-0.05, 0) is 58.1 Å². The van der Waals surface area contributed by atoms with Gasteiger partial charge in [-0.2, -0.15) is 23.5 Å². The van der Waals surface area contributed by atoms with Crippen LogP contribution in [0, 0.1) is 17.2 Å². The van der Waals surface area contributed by atoms with E-state index in [9.17, 15) is 23.2 Å². The molecule has 12 heteroatoms. The molecule has 3 atom stereocenters. The van der Waals surface area contributed by atoms with E-state index in [2.05, 4.69) is 44.7 Å². The minimum Gasteiger partial charge on any atom is -0.362 e. The third-order valence-corrected chi connectivity index (χ3v) is 9.15. The van der Waals surface area contributed by atoms with Gasteiger partial charge in [0, 0.05) is 16.2 Å². The molecule has 2 N–H and O–H groups in total. The van der Waals surface area contributed by atoms with Crippen molar-refractivity contribution in [1.29, 1.82) is 5.26 Å². The average molecular weight is 570 g/mol. The molecule has 0 spiro atoms. The molecule has 3 aromatic heterocycles. The number of anilines is 2. The maximum atomic E-state index is 13.9. The fourth-order valence-electron chi connectivity index (χ4n) is 4.53. The number of nitrogens with one attached hydrogen (secondary N) is 2. The minimum absolute atomic E-state index is 0.108. The van der Waals surface area contributed by atoms with Crippen molar-refractivity contribution in [2.45, 2.75) is 50.9 Å². The van der Waals surface area contributed by atoms with Gasteiger partial charge in [0.2, 0.25) is 0 Å². The number of carbonyl (C=O) groups excluding carboxylic acids is 1. The number of nitriles is 1. The van der Waals surface area contributed by atoms with Crippen LogP contribution in [-0.2, 0) is 12.8 Å². The summed E-state index contributed by atoms with van der Waals surface area (Å²) in [6.45, 7) is 2.15. The molecular formula is C22H19BrF3N5OS2. The number of thiophene rings is 2. The van der Waals surface area contributed by atoms with Crippen molar-refractivity contribution in [3.05, 3.63) is 48.6 Å². The van der Waals surface area contributed by atoms with Crippen LogP contribution in [0.2, 0.25) is 0 Å². The SMILES string of the molecule is CC1CCc2c(sc(NC(=O)c3nn4c(c3Br)NC(c3cccs3)CC4C(F)(F)F)c2C#N)C1. The van der Waals surface area contributed by atoms with Crippen molar-refractivity contribution in [3.8, 4) is 6.07 Å². The van der Waals surface area contributed by atoms with Crippen molar-refractivity contribution in [3.63, 3.8) is 0 Å². The smallest absolute Gasteiger partial charge is 0.362 e. The summed E-state index contributed by atoms with van der Waals surface area (Å²) >= 11 is 6.03. The molecule has 0 fully saturated rings. The lowest BCUT2D eigenvalue weighted by Crippen LogP contribution is -2.35. The summed E-state index contributed by atoms with van der Waals surface area (Å²) in [4.78, 5) is 15.0. The number of halogens is 4. The molecule has 5 rings (SSSR count). The van der Waals surface area contributed by atoms with Crippen LogP contribution in [0.5, 0.6) is 0 Å². The summed E-state index contributed by atoms with van der Waals surface area (Å²) in [6.07, 6.45) is -2.19. The van der Waals surface area contributed by atoms with Gasteiger partial charge in [0.15, 0.2) is 11.7 Å². The number of hydrogen-bond donors (Lipinski definition) is 2. The number of rotatable bonds is 3. The molecule has 2 aliphatic rings. The zero-order valence-electron chi connectivity index (χ0n) is 17.9. The predicted molar refractivity (Wildman–Crippen MR) is 128 cm³/mol. The maximum absolute atomic E-state index is 13.9. The fraction of sp³-hybridized carbons (Fsp3) is 0.409. The highest BCUT2D eigenvalue weighted by atomic mass is 79.9. The highest BCUT2D eigenvalue weighted by molar-refractivity contribution is 9.10. The summed E-state index contributed by atoms with van der Waals surface area (Å²) in [5, 5.41) is 21.8. The second-order valence-corrected chi connectivity index (χ2v) is 11.5. The Kier molecular flexibility index (Phi) is 5.98. The van der Waals surface area contributed by atoms with Crippen molar-refractivity contribution < 1.29 is 18.0 Å². The number of fused-ring (bicyclic) bond motifs is 2. The van der Waals surface area contributed by atoms with Gasteiger partial charge in [-0.15, -0.1) is 22.7 Å². The molecule has 0 saturated carbocycles. The summed E-state index contributed by atoms with van der Waals surface area (Å²) in [7, 11) is 0. The standard InChI is InChI=1S/C22H19BrF3N5OS2/c1-10-4-5-11-12(9-27)21(34-15(11)7-10)29-20(32)18-17(23)19-28-13(14-3-2-6-33-14)8-16(22(24,25)26)31(19)30-18/h2-3,6,10,13,16,28H,4-5,7-8H2,1H3,(H,29,32). The molecule has 1 aliphatic carbocycles. The predicted octanol–water partition coefficient (Wildman–Crippen LogP) is 6.68. The Labute approximate surface area is 209 Å². The molecule has 3 unspecified atom stereocenters. The first kappa shape index (κ1) is 23.4. The van der Waals surface area contributed by atoms with Crippen LogP contribution in [0.25, 0.3) is 0 Å². The largest absolute Gasteiger partial charge is 0.410 e. The lowest BCUT2D eigenvalue weighted by molar-refractivity contribution is -0.173. The number of carbonyl (C=O) groups is 1. The van der Waals surface area contributed by atoms with Crippen LogP contribution in [0.4, 0.5) is 24.0 Å². The first-order valence-electron chi connectivity index (χ1n) is 10.7. The number of hydrogen-bond acceptors (Lipinski definition) is 6. The molecule has 1 aliphatic heterocycles. The first-order chi connectivity index (χ1) is 16.2. The zero-order chi connectivity index (χ0) is 24.2. The number of nitrogens with zero attached hydrogens (tertiary/aromatic N) is 3. The van der Waals surface area contributed by atoms with E-state index in [4.69, 9.17) is 0 Å². The lowest BCUT2D eigenvalue weighted by Gasteiger charge is -2.33. The molecule has 0 aromatic carbocycles. The number of aromatic nitrogens is 2. The summed E-state index contributed by atoms with van der Waals surface area (Å²) in [6, 6.07) is 3.33. The molecular weight excluding hydrogens is 551 g/mol. The third kappa shape index (κ3) is 4.03. The van der Waals surface area contributed by atoms with E-state index in [0.717, 1.165) is 39.3 Å². The molecule has 4 heterocycles. The Morgan fingerprint density at radius 1 is 1.44 bits per heavy atom. The van der Waals surface area contributed by atoms with E-state index in [-0.39, 0.29) is 22.4 Å². The summed E-state index contributed by atoms with van der Waals surface area (Å²) in [5.74, 6) is -0.0545. The third-order valence-electron chi connectivity index (χ3n) is 6.25. The van der Waals surface area contributed by atoms with Crippen LogP contribution >= 0.6 is 38.6 Å². The average Bonchev–Trinajstić information content (AvgIpc) is 3.50. The van der Waals surface area contributed by atoms with Crippen LogP contribution in [0.15, 0.2) is 22.0 Å². The fourth-order valence-corrected chi connectivity index (χ4v) is 7.23. The maximum Gasteiger partial charge on any atom is 0.410 e. The van der Waals surface area contributed by atoms with Gasteiger partial charge in [0.1, 0.15) is 16.9 Å². The Morgan fingerprint density at radius 2 is 2.24 bits per heavy atom. The van der Waals surface area contributed by atoms with Crippen molar-refractivity contribution in [2.24, 2.45) is 5.92 Å². The molecule has 0 saturated heterocycles. The van der Waals surface area contributed by atoms with E-state index >= 15 is 0 Å². The highest BCUT2D eigenvalue weighted by Crippen LogP contribution is 2.47. The van der Waals surface area contributed by atoms with Gasteiger partial charge in [0.05, 0.1) is 16.1 Å². The minimum atomic E-state index is -4.54. The van der Waals surface area contributed by atoms with E-state index in [1.165, 1.54) is 22.7 Å². The monoisotopic (exact) mass is 569 g/mol. The summed E-state index contributed by atoms with van der Waals surface area (Å²) < 4.78 is 42.9. The van der Waals surface area contributed by atoms with Gasteiger partial charge in [-0.1, -0.05) is 13.0 Å². The molecule has 1 amide bonds. The number of alkyl halides is 3. The molecule has 178 valence electrons. The highest BCUT2D eigenvalue weighted by Gasteiger charge is 2.48. The van der Waals surface area contributed by atoms with Gasteiger partial charge in [0.25, 0.3) is 5.91 Å². The van der Waals surface area contributed by atoms with Crippen LogP contribution < -0.4 is 10.6 Å². The van der Waals surface area contributed by atoms with Gasteiger partial charge >= 0.3 is 6.18 Å². The molecule has 6 nitrogen and oxygen atoms in total.